The third-order valence-corrected chi connectivity index (χ3v) is 3.64. The van der Waals surface area contributed by atoms with E-state index in [1.165, 1.54) is 0 Å². The van der Waals surface area contributed by atoms with Gasteiger partial charge in [0.1, 0.15) is 17.6 Å². The smallest absolute Gasteiger partial charge is 0.142 e. The Bertz CT molecular complexity index is 706. The molecule has 1 atom stereocenters. The number of phenolic OH excluding ortho intramolecular Hbond substituents is 1. The van der Waals surface area contributed by atoms with Crippen LogP contribution < -0.4 is 11.5 Å². The standard InChI is InChI=1S/C17H20N4O/c1-2-3-7-14(19)12-9-15(21-17(20)13(12)10-18)11-6-4-5-8-16(11)22/h4-6,8-9,14,22H,2-3,7,19H2,1H3,(H2,20,21)/t14-/m0/s1. The van der Waals surface area contributed by atoms with Crippen LogP contribution in [-0.2, 0) is 0 Å². The van der Waals surface area contributed by atoms with Crippen LogP contribution >= 0.6 is 0 Å². The molecular formula is C17H20N4O. The number of nitrogens with zero attached hydrogens (tertiary/aromatic N) is 2. The Balaban J connectivity index is 2.53. The van der Waals surface area contributed by atoms with Crippen LogP contribution in [0.1, 0.15) is 43.4 Å². The summed E-state index contributed by atoms with van der Waals surface area (Å²) in [5, 5.41) is 19.3. The van der Waals surface area contributed by atoms with Crippen molar-refractivity contribution in [1.82, 2.24) is 4.98 Å². The van der Waals surface area contributed by atoms with Crippen molar-refractivity contribution in [3.63, 3.8) is 0 Å². The molecule has 2 aromatic rings. The summed E-state index contributed by atoms with van der Waals surface area (Å²) in [5.74, 6) is 0.261. The van der Waals surface area contributed by atoms with Crippen LogP contribution in [-0.4, -0.2) is 10.1 Å². The highest BCUT2D eigenvalue weighted by molar-refractivity contribution is 5.71. The predicted octanol–water partition coefficient (Wildman–Crippen LogP) is 3.10. The highest BCUT2D eigenvalue weighted by Crippen LogP contribution is 2.32. The maximum Gasteiger partial charge on any atom is 0.142 e. The van der Waals surface area contributed by atoms with Gasteiger partial charge >= 0.3 is 0 Å². The lowest BCUT2D eigenvalue weighted by Crippen LogP contribution is -2.14. The second-order valence-electron chi connectivity index (χ2n) is 5.23. The first-order valence-corrected chi connectivity index (χ1v) is 7.33. The largest absolute Gasteiger partial charge is 0.507 e. The molecule has 0 fully saturated rings. The van der Waals surface area contributed by atoms with Gasteiger partial charge in [-0.05, 0) is 30.2 Å². The molecule has 0 radical (unpaired) electrons. The number of aromatic hydroxyl groups is 1. The first-order chi connectivity index (χ1) is 10.6. The first-order valence-electron chi connectivity index (χ1n) is 7.33. The van der Waals surface area contributed by atoms with Gasteiger partial charge in [-0.25, -0.2) is 4.98 Å². The monoisotopic (exact) mass is 296 g/mol. The Kier molecular flexibility index (Phi) is 4.97. The van der Waals surface area contributed by atoms with Crippen LogP contribution in [0.5, 0.6) is 5.75 Å². The van der Waals surface area contributed by atoms with Crippen molar-refractivity contribution in [1.29, 1.82) is 5.26 Å². The summed E-state index contributed by atoms with van der Waals surface area (Å²) in [7, 11) is 0. The van der Waals surface area contributed by atoms with Crippen LogP contribution in [0.15, 0.2) is 30.3 Å². The molecule has 1 aromatic carbocycles. The van der Waals surface area contributed by atoms with Gasteiger partial charge in [-0.3, -0.25) is 0 Å². The van der Waals surface area contributed by atoms with E-state index in [1.54, 1.807) is 24.3 Å². The molecule has 5 N–H and O–H groups in total. The van der Waals surface area contributed by atoms with E-state index in [1.807, 2.05) is 6.07 Å². The summed E-state index contributed by atoms with van der Waals surface area (Å²) >= 11 is 0. The lowest BCUT2D eigenvalue weighted by molar-refractivity contribution is 0.477. The predicted molar refractivity (Wildman–Crippen MR) is 86.9 cm³/mol. The van der Waals surface area contributed by atoms with Gasteiger partial charge < -0.3 is 16.6 Å². The van der Waals surface area contributed by atoms with Crippen molar-refractivity contribution in [2.24, 2.45) is 5.73 Å². The van der Waals surface area contributed by atoms with Gasteiger partial charge in [-0.15, -0.1) is 0 Å². The molecular weight excluding hydrogens is 276 g/mol. The van der Waals surface area contributed by atoms with Crippen molar-refractivity contribution in [2.75, 3.05) is 5.73 Å². The van der Waals surface area contributed by atoms with Gasteiger partial charge in [0.15, 0.2) is 0 Å². The number of hydrogen-bond donors (Lipinski definition) is 3. The van der Waals surface area contributed by atoms with Crippen molar-refractivity contribution < 1.29 is 5.11 Å². The van der Waals surface area contributed by atoms with E-state index in [9.17, 15) is 10.4 Å². The number of anilines is 1. The minimum Gasteiger partial charge on any atom is -0.507 e. The fourth-order valence-electron chi connectivity index (χ4n) is 2.41. The number of nitrogens with two attached hydrogens (primary N) is 2. The molecule has 0 saturated heterocycles. The molecule has 22 heavy (non-hydrogen) atoms. The van der Waals surface area contributed by atoms with E-state index in [0.717, 1.165) is 19.3 Å². The number of aromatic nitrogens is 1. The molecule has 0 aliphatic carbocycles. The zero-order valence-electron chi connectivity index (χ0n) is 12.6. The first kappa shape index (κ1) is 15.8. The molecule has 2 rings (SSSR count). The van der Waals surface area contributed by atoms with Gasteiger partial charge in [-0.1, -0.05) is 31.9 Å². The molecule has 114 valence electrons. The molecule has 0 unspecified atom stereocenters. The van der Waals surface area contributed by atoms with Crippen LogP contribution in [0, 0.1) is 11.3 Å². The summed E-state index contributed by atoms with van der Waals surface area (Å²) in [6.07, 6.45) is 2.78. The summed E-state index contributed by atoms with van der Waals surface area (Å²) < 4.78 is 0. The van der Waals surface area contributed by atoms with Crippen molar-refractivity contribution >= 4 is 5.82 Å². The van der Waals surface area contributed by atoms with Gasteiger partial charge in [0.05, 0.1) is 11.3 Å². The summed E-state index contributed by atoms with van der Waals surface area (Å²) in [6, 6.07) is 10.4. The van der Waals surface area contributed by atoms with Crippen molar-refractivity contribution in [3.05, 3.63) is 41.5 Å². The van der Waals surface area contributed by atoms with Gasteiger partial charge in [0, 0.05) is 11.6 Å². The minimum absolute atomic E-state index is 0.118. The zero-order valence-corrected chi connectivity index (χ0v) is 12.6. The Morgan fingerprint density at radius 2 is 2.09 bits per heavy atom. The maximum atomic E-state index is 9.98. The van der Waals surface area contributed by atoms with Crippen LogP contribution in [0.3, 0.4) is 0 Å². The Labute approximate surface area is 130 Å². The number of hydrogen-bond acceptors (Lipinski definition) is 5. The average Bonchev–Trinajstić information content (AvgIpc) is 2.52. The molecule has 0 amide bonds. The third-order valence-electron chi connectivity index (χ3n) is 3.64. The average molecular weight is 296 g/mol. The van der Waals surface area contributed by atoms with E-state index in [-0.39, 0.29) is 17.6 Å². The molecule has 0 spiro atoms. The van der Waals surface area contributed by atoms with Gasteiger partial charge in [0.25, 0.3) is 0 Å². The molecule has 0 aliphatic rings. The SMILES string of the molecule is CCCC[C@H](N)c1cc(-c2ccccc2O)nc(N)c1C#N. The van der Waals surface area contributed by atoms with Crippen molar-refractivity contribution in [2.45, 2.75) is 32.2 Å². The number of pyridine rings is 1. The van der Waals surface area contributed by atoms with E-state index >= 15 is 0 Å². The molecule has 0 saturated carbocycles. The number of phenols is 1. The lowest BCUT2D eigenvalue weighted by atomic mass is 9.96. The Morgan fingerprint density at radius 1 is 1.36 bits per heavy atom. The van der Waals surface area contributed by atoms with Crippen LogP contribution in [0.25, 0.3) is 11.3 Å². The molecule has 5 heteroatoms. The number of nitriles is 1. The highest BCUT2D eigenvalue weighted by Gasteiger charge is 2.17. The Hall–Kier alpha value is -2.58. The van der Waals surface area contributed by atoms with E-state index in [4.69, 9.17) is 11.5 Å². The Morgan fingerprint density at radius 3 is 2.73 bits per heavy atom. The minimum atomic E-state index is -0.274. The second-order valence-corrected chi connectivity index (χ2v) is 5.23. The molecule has 1 aromatic heterocycles. The number of unbranched alkanes of at least 4 members (excludes halogenated alkanes) is 1. The summed E-state index contributed by atoms with van der Waals surface area (Å²) in [4.78, 5) is 4.24. The van der Waals surface area contributed by atoms with Gasteiger partial charge in [0.2, 0.25) is 0 Å². The van der Waals surface area contributed by atoms with Crippen molar-refractivity contribution in [3.8, 4) is 23.1 Å². The van der Waals surface area contributed by atoms with E-state index < -0.39 is 0 Å². The van der Waals surface area contributed by atoms with E-state index in [2.05, 4.69) is 18.0 Å². The number of nitrogen functional groups attached to an aromatic ring is 1. The fourth-order valence-corrected chi connectivity index (χ4v) is 2.41. The molecule has 1 heterocycles. The van der Waals surface area contributed by atoms with E-state index in [0.29, 0.717) is 22.4 Å². The second kappa shape index (κ2) is 6.92. The number of rotatable bonds is 5. The molecule has 0 bridgehead atoms. The fraction of sp³-hybridized carbons (Fsp3) is 0.294. The molecule has 0 aliphatic heterocycles. The number of para-hydroxylation sites is 1. The topological polar surface area (TPSA) is 109 Å². The quantitative estimate of drug-likeness (QED) is 0.785. The highest BCUT2D eigenvalue weighted by atomic mass is 16.3. The molecule has 5 nitrogen and oxygen atoms in total. The van der Waals surface area contributed by atoms with Crippen LogP contribution in [0.4, 0.5) is 5.82 Å². The van der Waals surface area contributed by atoms with Gasteiger partial charge in [-0.2, -0.15) is 5.26 Å². The lowest BCUT2D eigenvalue weighted by Gasteiger charge is -2.16. The number of benzene rings is 1. The third kappa shape index (κ3) is 3.18. The normalized spacial score (nSPS) is 11.9. The van der Waals surface area contributed by atoms with Crippen LogP contribution in [0.2, 0.25) is 0 Å². The summed E-state index contributed by atoms with van der Waals surface area (Å²) in [5.41, 5.74) is 14.2. The maximum absolute atomic E-state index is 9.98. The zero-order chi connectivity index (χ0) is 16.1. The summed E-state index contributed by atoms with van der Waals surface area (Å²) in [6.45, 7) is 2.09.